The molecule has 0 amide bonds. The molecule has 1 aliphatic carbocycles. The summed E-state index contributed by atoms with van der Waals surface area (Å²) in [6.07, 6.45) is 1.26. The Morgan fingerprint density at radius 3 is 1.92 bits per heavy atom. The summed E-state index contributed by atoms with van der Waals surface area (Å²) in [5, 5.41) is 15.1. The zero-order chi connectivity index (χ0) is 10.1. The van der Waals surface area contributed by atoms with Crippen molar-refractivity contribution in [3.05, 3.63) is 0 Å². The topological polar surface area (TPSA) is 66.5 Å². The number of aliphatic hydroxyl groups is 1. The molecule has 0 aromatic heterocycles. The quantitative estimate of drug-likeness (QED) is 0.567. The van der Waals surface area contributed by atoms with Crippen LogP contribution >= 0.6 is 0 Å². The molecule has 0 bridgehead atoms. The van der Waals surface area contributed by atoms with Crippen LogP contribution in [0.4, 0.5) is 0 Å². The summed E-state index contributed by atoms with van der Waals surface area (Å²) in [5.74, 6) is 5.77. The summed E-state index contributed by atoms with van der Waals surface area (Å²) in [4.78, 5) is 0. The Morgan fingerprint density at radius 2 is 1.83 bits per heavy atom. The molecule has 2 atom stereocenters. The largest absolute Gasteiger partial charge is 0.396 e. The fourth-order valence-corrected chi connectivity index (χ4v) is 1.30. The first-order valence-electron chi connectivity index (χ1n) is 4.62. The van der Waals surface area contributed by atoms with Crippen LogP contribution in [0, 0.1) is 17.8 Å². The average molecular weight is 179 g/mol. The van der Waals surface area contributed by atoms with Crippen LogP contribution < -0.4 is 5.90 Å². The van der Waals surface area contributed by atoms with E-state index in [2.05, 4.69) is 19.7 Å². The van der Waals surface area contributed by atoms with Gasteiger partial charge >= 0.3 is 0 Å². The smallest absolute Gasteiger partial charge is 0.0462 e. The van der Waals surface area contributed by atoms with Gasteiger partial charge in [0.05, 0.1) is 0 Å². The lowest BCUT2D eigenvalue weighted by atomic mass is 10.1. The van der Waals surface area contributed by atoms with Gasteiger partial charge in [0.25, 0.3) is 0 Å². The first-order chi connectivity index (χ1) is 5.75. The molecule has 0 aliphatic heterocycles. The predicted molar refractivity (Wildman–Crippen MR) is 53.0 cm³/mol. The molecule has 1 rings (SSSR count). The van der Waals surface area contributed by atoms with Gasteiger partial charge in [-0.3, -0.25) is 0 Å². The van der Waals surface area contributed by atoms with E-state index in [1.807, 2.05) is 13.8 Å². The summed E-state index contributed by atoms with van der Waals surface area (Å²) in [6, 6.07) is 0. The van der Waals surface area contributed by atoms with Crippen LogP contribution in [0.25, 0.3) is 0 Å². The molecule has 4 N–H and O–H groups in total. The highest BCUT2D eigenvalue weighted by Gasteiger charge is 2.38. The van der Waals surface area contributed by atoms with Gasteiger partial charge in [-0.1, -0.05) is 27.7 Å². The zero-order valence-corrected chi connectivity index (χ0v) is 8.62. The van der Waals surface area contributed by atoms with Crippen LogP contribution in [0.3, 0.4) is 0 Å². The standard InChI is InChI=1S/C7H14O.C2H6.H3NO.H2/c1-5(2)7-3-6(7)4-8;2*1-2;/h5-8H,3-4H2,1-2H3;1-2H3;2H,1H2;1H/t6-,7+;;;/m1.../s1. The van der Waals surface area contributed by atoms with Crippen LogP contribution in [0.2, 0.25) is 0 Å². The summed E-state index contributed by atoms with van der Waals surface area (Å²) >= 11 is 0. The maximum Gasteiger partial charge on any atom is 0.0462 e. The molecule has 0 unspecified atom stereocenters. The number of aliphatic hydroxyl groups excluding tert-OH is 1. The van der Waals surface area contributed by atoms with Crippen LogP contribution in [0.5, 0.6) is 0 Å². The summed E-state index contributed by atoms with van der Waals surface area (Å²) in [5.41, 5.74) is 0. The molecule has 0 radical (unpaired) electrons. The molecular formula is C9H25NO2. The molecule has 0 spiro atoms. The van der Waals surface area contributed by atoms with Gasteiger partial charge in [-0.05, 0) is 24.2 Å². The average Bonchev–Trinajstić information content (AvgIpc) is 2.90. The number of hydrogen-bond acceptors (Lipinski definition) is 3. The summed E-state index contributed by atoms with van der Waals surface area (Å²) in [6.45, 7) is 8.85. The van der Waals surface area contributed by atoms with Crippen molar-refractivity contribution in [2.75, 3.05) is 6.61 Å². The van der Waals surface area contributed by atoms with Crippen molar-refractivity contribution in [2.24, 2.45) is 23.7 Å². The van der Waals surface area contributed by atoms with Crippen LogP contribution in [0.1, 0.15) is 35.5 Å². The fourth-order valence-electron chi connectivity index (χ4n) is 1.30. The molecular weight excluding hydrogens is 154 g/mol. The highest BCUT2D eigenvalue weighted by Crippen LogP contribution is 2.43. The van der Waals surface area contributed by atoms with E-state index in [0.29, 0.717) is 12.5 Å². The van der Waals surface area contributed by atoms with Gasteiger partial charge in [-0.15, -0.1) is 0 Å². The molecule has 3 heteroatoms. The Balaban J connectivity index is -0.000000178. The van der Waals surface area contributed by atoms with E-state index < -0.39 is 0 Å². The summed E-state index contributed by atoms with van der Waals surface area (Å²) in [7, 11) is 0. The van der Waals surface area contributed by atoms with Gasteiger partial charge in [-0.25, -0.2) is 5.90 Å². The molecule has 0 aromatic carbocycles. The lowest BCUT2D eigenvalue weighted by molar-refractivity contribution is 0.262. The van der Waals surface area contributed by atoms with Crippen LogP contribution in [-0.4, -0.2) is 16.9 Å². The van der Waals surface area contributed by atoms with Crippen molar-refractivity contribution in [1.29, 1.82) is 0 Å². The van der Waals surface area contributed by atoms with Gasteiger partial charge in [0.1, 0.15) is 0 Å². The Bertz CT molecular complexity index is 91.7. The third kappa shape index (κ3) is 5.52. The minimum absolute atomic E-state index is 0. The second-order valence-electron chi connectivity index (χ2n) is 3.09. The highest BCUT2D eigenvalue weighted by molar-refractivity contribution is 4.87. The predicted octanol–water partition coefficient (Wildman–Crippen LogP) is 1.88. The van der Waals surface area contributed by atoms with E-state index in [9.17, 15) is 0 Å². The molecule has 3 nitrogen and oxygen atoms in total. The number of rotatable bonds is 2. The molecule has 12 heavy (non-hydrogen) atoms. The third-order valence-corrected chi connectivity index (χ3v) is 2.07. The van der Waals surface area contributed by atoms with Gasteiger partial charge < -0.3 is 10.3 Å². The maximum atomic E-state index is 8.63. The molecule has 1 fully saturated rings. The number of hydrogen-bond donors (Lipinski definition) is 3. The molecule has 1 aliphatic rings. The van der Waals surface area contributed by atoms with E-state index in [0.717, 1.165) is 11.8 Å². The Labute approximate surface area is 77.0 Å². The fraction of sp³-hybridized carbons (Fsp3) is 1.00. The number of nitrogens with two attached hydrogens (primary N) is 1. The molecule has 1 saturated carbocycles. The molecule has 78 valence electrons. The van der Waals surface area contributed by atoms with Crippen molar-refractivity contribution >= 4 is 0 Å². The Kier molecular flexibility index (Phi) is 10.8. The molecule has 0 aromatic rings. The lowest BCUT2D eigenvalue weighted by Gasteiger charge is -1.98. The highest BCUT2D eigenvalue weighted by atomic mass is 16.4. The third-order valence-electron chi connectivity index (χ3n) is 2.07. The van der Waals surface area contributed by atoms with E-state index in [1.165, 1.54) is 6.42 Å². The zero-order valence-electron chi connectivity index (χ0n) is 8.62. The van der Waals surface area contributed by atoms with E-state index in [-0.39, 0.29) is 1.43 Å². The van der Waals surface area contributed by atoms with Crippen molar-refractivity contribution in [3.63, 3.8) is 0 Å². The Morgan fingerprint density at radius 1 is 1.42 bits per heavy atom. The lowest BCUT2D eigenvalue weighted by Crippen LogP contribution is -1.95. The first-order valence-corrected chi connectivity index (χ1v) is 4.62. The van der Waals surface area contributed by atoms with E-state index in [1.54, 1.807) is 0 Å². The van der Waals surface area contributed by atoms with Gasteiger partial charge in [0.2, 0.25) is 0 Å². The summed E-state index contributed by atoms with van der Waals surface area (Å²) < 4.78 is 0. The maximum absolute atomic E-state index is 8.63. The van der Waals surface area contributed by atoms with Gasteiger partial charge in [0.15, 0.2) is 0 Å². The second kappa shape index (κ2) is 8.97. The molecule has 0 saturated heterocycles. The van der Waals surface area contributed by atoms with Gasteiger partial charge in [-0.2, -0.15) is 0 Å². The first kappa shape index (κ1) is 14.4. The van der Waals surface area contributed by atoms with Crippen LogP contribution in [-0.2, 0) is 0 Å². The van der Waals surface area contributed by atoms with Crippen molar-refractivity contribution < 1.29 is 11.7 Å². The monoisotopic (exact) mass is 179 g/mol. The Hall–Kier alpha value is -0.120. The van der Waals surface area contributed by atoms with Crippen molar-refractivity contribution in [3.8, 4) is 0 Å². The van der Waals surface area contributed by atoms with Crippen molar-refractivity contribution in [1.82, 2.24) is 0 Å². The minimum Gasteiger partial charge on any atom is -0.396 e. The minimum atomic E-state index is 0. The van der Waals surface area contributed by atoms with E-state index >= 15 is 0 Å². The van der Waals surface area contributed by atoms with Crippen LogP contribution in [0.15, 0.2) is 0 Å². The normalized spacial score (nSPS) is 25.0. The SMILES string of the molecule is CC.CC(C)[C@@H]1C[C@@H]1CO.NO.[HH]. The second-order valence-corrected chi connectivity index (χ2v) is 3.09. The van der Waals surface area contributed by atoms with Gasteiger partial charge in [0, 0.05) is 8.03 Å². The van der Waals surface area contributed by atoms with E-state index in [4.69, 9.17) is 10.3 Å². The van der Waals surface area contributed by atoms with Crippen molar-refractivity contribution in [2.45, 2.75) is 34.1 Å². The molecule has 0 heterocycles.